The molecule has 0 bridgehead atoms. The standard InChI is InChI=1S/C21H29O4PS2/c1-7-24-26(22,27-14-15(2)3)25-20-13-16(4)17(5)18(6)21(20)28(23)19-11-9-8-10-12-19/h8-13,15H,7,14H2,1-6H3. The molecule has 154 valence electrons. The molecule has 0 amide bonds. The fourth-order valence-electron chi connectivity index (χ4n) is 2.59. The van der Waals surface area contributed by atoms with Gasteiger partial charge in [-0.1, -0.05) is 32.0 Å². The van der Waals surface area contributed by atoms with Gasteiger partial charge in [0, 0.05) is 22.5 Å². The van der Waals surface area contributed by atoms with Crippen molar-refractivity contribution in [1.29, 1.82) is 0 Å². The summed E-state index contributed by atoms with van der Waals surface area (Å²) in [6, 6.07) is 11.1. The molecule has 0 spiro atoms. The van der Waals surface area contributed by atoms with Crippen molar-refractivity contribution in [1.82, 2.24) is 0 Å². The van der Waals surface area contributed by atoms with E-state index in [1.165, 1.54) is 11.4 Å². The molecule has 0 fully saturated rings. The van der Waals surface area contributed by atoms with Gasteiger partial charge >= 0.3 is 6.80 Å². The van der Waals surface area contributed by atoms with Crippen LogP contribution in [0.5, 0.6) is 5.75 Å². The maximum atomic E-state index is 13.4. The summed E-state index contributed by atoms with van der Waals surface area (Å²) in [5.41, 5.74) is 2.93. The third-order valence-electron chi connectivity index (χ3n) is 4.27. The van der Waals surface area contributed by atoms with Crippen molar-refractivity contribution in [2.75, 3.05) is 12.4 Å². The van der Waals surface area contributed by atoms with E-state index in [-0.39, 0.29) is 6.61 Å². The number of hydrogen-bond acceptors (Lipinski definition) is 5. The fraction of sp³-hybridized carbons (Fsp3) is 0.429. The molecular weight excluding hydrogens is 411 g/mol. The van der Waals surface area contributed by atoms with Gasteiger partial charge in [-0.25, -0.2) is 4.57 Å². The van der Waals surface area contributed by atoms with Gasteiger partial charge in [0.05, 0.1) is 6.61 Å². The van der Waals surface area contributed by atoms with E-state index in [4.69, 9.17) is 9.05 Å². The number of aryl methyl sites for hydroxylation is 1. The Morgan fingerprint density at radius 3 is 2.36 bits per heavy atom. The third kappa shape index (κ3) is 5.80. The number of benzene rings is 2. The molecule has 0 aliphatic heterocycles. The van der Waals surface area contributed by atoms with Crippen LogP contribution in [0.4, 0.5) is 0 Å². The van der Waals surface area contributed by atoms with E-state index >= 15 is 0 Å². The molecule has 2 rings (SSSR count). The van der Waals surface area contributed by atoms with Gasteiger partial charge in [-0.05, 0) is 74.3 Å². The highest BCUT2D eigenvalue weighted by atomic mass is 32.7. The van der Waals surface area contributed by atoms with Gasteiger partial charge in [-0.2, -0.15) is 0 Å². The Hall–Kier alpha value is -0.910. The third-order valence-corrected chi connectivity index (χ3v) is 9.91. The lowest BCUT2D eigenvalue weighted by molar-refractivity contribution is 0.294. The molecule has 0 saturated carbocycles. The molecule has 0 N–H and O–H groups in total. The van der Waals surface area contributed by atoms with E-state index in [0.717, 1.165) is 16.7 Å². The summed E-state index contributed by atoms with van der Waals surface area (Å²) in [6.45, 7) is 8.65. The average Bonchev–Trinajstić information content (AvgIpc) is 2.65. The highest BCUT2D eigenvalue weighted by Gasteiger charge is 2.33. The lowest BCUT2D eigenvalue weighted by Crippen LogP contribution is -2.10. The maximum absolute atomic E-state index is 13.4. The van der Waals surface area contributed by atoms with Gasteiger partial charge in [-0.15, -0.1) is 0 Å². The number of rotatable bonds is 9. The van der Waals surface area contributed by atoms with Crippen LogP contribution >= 0.6 is 18.2 Å². The first kappa shape index (κ1) is 23.4. The zero-order valence-electron chi connectivity index (χ0n) is 17.4. The Bertz CT molecular complexity index is 840. The van der Waals surface area contributed by atoms with E-state index in [9.17, 15) is 9.12 Å². The smallest absolute Gasteiger partial charge is 0.440 e. The van der Waals surface area contributed by atoms with Gasteiger partial charge < -0.3 is 9.08 Å². The average molecular weight is 441 g/mol. The molecule has 28 heavy (non-hydrogen) atoms. The maximum Gasteiger partial charge on any atom is 0.440 e. The Balaban J connectivity index is 2.51. The summed E-state index contributed by atoms with van der Waals surface area (Å²) >= 11 is -0.255. The summed E-state index contributed by atoms with van der Waals surface area (Å²) in [5.74, 6) is 1.37. The zero-order valence-corrected chi connectivity index (χ0v) is 19.9. The molecule has 2 unspecified atom stereocenters. The number of hydrogen-bond donors (Lipinski definition) is 0. The van der Waals surface area contributed by atoms with E-state index in [2.05, 4.69) is 13.8 Å². The summed E-state index contributed by atoms with van der Waals surface area (Å²) in [6.07, 6.45) is 0. The van der Waals surface area contributed by atoms with Crippen LogP contribution in [0, 0.1) is 26.7 Å². The SMILES string of the molecule is CCOP(=O)(Oc1cc(C)c(C)c(C)c1[S+]([O-])c1ccccc1)SCC(C)C. The van der Waals surface area contributed by atoms with Gasteiger partial charge in [0.1, 0.15) is 0 Å². The minimum Gasteiger partial charge on any atom is -0.606 e. The first-order valence-corrected chi connectivity index (χ1v) is 13.6. The van der Waals surface area contributed by atoms with Crippen LogP contribution in [-0.2, 0) is 20.3 Å². The predicted molar refractivity (Wildman–Crippen MR) is 119 cm³/mol. The Morgan fingerprint density at radius 2 is 1.79 bits per heavy atom. The first-order chi connectivity index (χ1) is 13.2. The van der Waals surface area contributed by atoms with Crippen molar-refractivity contribution in [3.63, 3.8) is 0 Å². The van der Waals surface area contributed by atoms with Gasteiger partial charge in [0.25, 0.3) is 0 Å². The van der Waals surface area contributed by atoms with Crippen LogP contribution in [0.15, 0.2) is 46.2 Å². The molecule has 0 saturated heterocycles. The van der Waals surface area contributed by atoms with Crippen molar-refractivity contribution >= 4 is 29.4 Å². The molecule has 4 nitrogen and oxygen atoms in total. The topological polar surface area (TPSA) is 58.6 Å². The van der Waals surface area contributed by atoms with Crippen LogP contribution in [0.3, 0.4) is 0 Å². The van der Waals surface area contributed by atoms with Crippen LogP contribution in [0.25, 0.3) is 0 Å². The van der Waals surface area contributed by atoms with E-state index in [0.29, 0.717) is 27.2 Å². The highest BCUT2D eigenvalue weighted by Crippen LogP contribution is 2.61. The van der Waals surface area contributed by atoms with E-state index < -0.39 is 18.0 Å². The minimum atomic E-state index is -3.43. The van der Waals surface area contributed by atoms with Crippen molar-refractivity contribution in [2.45, 2.75) is 51.3 Å². The van der Waals surface area contributed by atoms with Crippen molar-refractivity contribution in [3.05, 3.63) is 53.1 Å². The molecule has 0 radical (unpaired) electrons. The monoisotopic (exact) mass is 440 g/mol. The van der Waals surface area contributed by atoms with Crippen LogP contribution in [-0.4, -0.2) is 16.9 Å². The fourth-order valence-corrected chi connectivity index (χ4v) is 7.75. The van der Waals surface area contributed by atoms with Crippen LogP contribution in [0.1, 0.15) is 37.5 Å². The Kier molecular flexibility index (Phi) is 8.53. The lowest BCUT2D eigenvalue weighted by atomic mass is 10.0. The van der Waals surface area contributed by atoms with Crippen LogP contribution in [0.2, 0.25) is 0 Å². The van der Waals surface area contributed by atoms with E-state index in [1.807, 2.05) is 57.2 Å². The summed E-state index contributed by atoms with van der Waals surface area (Å²) < 4.78 is 38.2. The Labute approximate surface area is 175 Å². The second-order valence-corrected chi connectivity index (χ2v) is 12.5. The second-order valence-electron chi connectivity index (χ2n) is 7.00. The summed E-state index contributed by atoms with van der Waals surface area (Å²) in [5, 5.41) is 0. The minimum absolute atomic E-state index is 0.281. The largest absolute Gasteiger partial charge is 0.606 e. The molecule has 2 aromatic carbocycles. The van der Waals surface area contributed by atoms with Gasteiger partial charge in [0.15, 0.2) is 10.6 Å². The second kappa shape index (κ2) is 10.2. The van der Waals surface area contributed by atoms with Crippen molar-refractivity contribution in [3.8, 4) is 5.75 Å². The van der Waals surface area contributed by atoms with Crippen molar-refractivity contribution < 1.29 is 18.2 Å². The highest BCUT2D eigenvalue weighted by molar-refractivity contribution is 8.55. The first-order valence-electron chi connectivity index (χ1n) is 9.34. The quantitative estimate of drug-likeness (QED) is 0.321. The Morgan fingerprint density at radius 1 is 1.14 bits per heavy atom. The molecule has 2 atom stereocenters. The summed E-state index contributed by atoms with van der Waals surface area (Å²) in [7, 11) is 0. The zero-order chi connectivity index (χ0) is 20.9. The predicted octanol–water partition coefficient (Wildman–Crippen LogP) is 6.69. The molecular formula is C21H29O4PS2. The molecule has 2 aromatic rings. The molecule has 0 aliphatic rings. The molecule has 7 heteroatoms. The summed E-state index contributed by atoms with van der Waals surface area (Å²) in [4.78, 5) is 1.24. The molecule has 0 heterocycles. The van der Waals surface area contributed by atoms with E-state index in [1.54, 1.807) is 6.92 Å². The van der Waals surface area contributed by atoms with Crippen molar-refractivity contribution in [2.24, 2.45) is 5.92 Å². The molecule has 0 aromatic heterocycles. The van der Waals surface area contributed by atoms with Crippen LogP contribution < -0.4 is 4.52 Å². The normalized spacial score (nSPS) is 14.7. The lowest BCUT2D eigenvalue weighted by Gasteiger charge is -2.23. The molecule has 0 aliphatic carbocycles. The van der Waals surface area contributed by atoms with Gasteiger partial charge in [-0.3, -0.25) is 4.52 Å². The van der Waals surface area contributed by atoms with Gasteiger partial charge in [0.2, 0.25) is 4.90 Å².